The molecule has 8 rings (SSSR count). The second kappa shape index (κ2) is 66.1. The number of nitrogen functional groups attached to an aromatic ring is 4. The maximum absolute atomic E-state index is 13.6. The van der Waals surface area contributed by atoms with Crippen molar-refractivity contribution in [1.29, 1.82) is 0 Å². The Morgan fingerprint density at radius 1 is 0.293 bits per heavy atom. The molecular weight excluding hydrogens is 1860 g/mol. The Kier molecular flexibility index (Phi) is 56.1. The number of aliphatic imine (C=N–C) groups is 1. The number of anilines is 6. The van der Waals surface area contributed by atoms with Gasteiger partial charge in [-0.15, -0.1) is 0 Å². The molecule has 0 fully saturated rings. The SMILES string of the molecule is CCO[Si](CCCCC(=O)Cc1ccc(C(=C(c2ccc(NC(=O)NCCC[Si](OCC)(OCC)OCC)cc2)c2ccc(NC(=O)NCCC[Si](OCC)(OCC)OCC)cc2)c2ccc(CC(=O)CCCC[Si](OCC)(OCC)OCC)cc2)cc1)(COC)COC.CCO[Si](CCCN=C=O)(OCC)OCC.Nc1ccc(C(=C(c2ccc(N)cc2)c2ccc(N)cc2)c2ccc(N)cc2)cc1. The van der Waals surface area contributed by atoms with Gasteiger partial charge in [0.15, 0.2) is 0 Å². The molecule has 12 N–H and O–H groups in total. The number of carbonyl (C=O) groups is 4. The number of ether oxygens (including phenoxy) is 2. The number of nitrogens with zero attached hydrogens (tertiary/aromatic N) is 1. The minimum absolute atomic E-state index is 0.134. The van der Waals surface area contributed by atoms with E-state index >= 15 is 0 Å². The maximum Gasteiger partial charge on any atom is 0.500 e. The summed E-state index contributed by atoms with van der Waals surface area (Å²) >= 11 is 0. The third-order valence-electron chi connectivity index (χ3n) is 22.3. The van der Waals surface area contributed by atoms with Gasteiger partial charge in [-0.05, 0) is 285 Å². The minimum Gasteiger partial charge on any atom is -0.412 e. The number of unbranched alkanes of at least 4 members (excludes halogenated alkanes) is 2. The second-order valence-electron chi connectivity index (χ2n) is 32.8. The molecule has 0 heterocycles. The van der Waals surface area contributed by atoms with Crippen LogP contribution in [0.2, 0.25) is 30.2 Å². The quantitative estimate of drug-likeness (QED) is 0.00438. The Morgan fingerprint density at radius 2 is 0.521 bits per heavy atom. The summed E-state index contributed by atoms with van der Waals surface area (Å²) < 4.78 is 88.7. The van der Waals surface area contributed by atoms with Gasteiger partial charge in [-0.3, -0.25) is 9.59 Å². The van der Waals surface area contributed by atoms with Crippen molar-refractivity contribution in [2.45, 2.75) is 191 Å². The number of Topliss-reactive ketones (excluding diaryl/α,β-unsaturated/α-hetero) is 2. The number of ketones is 2. The number of hydrogen-bond donors (Lipinski definition) is 8. The zero-order chi connectivity index (χ0) is 102. The van der Waals surface area contributed by atoms with Crippen LogP contribution in [0.5, 0.6) is 0 Å². The third-order valence-corrected chi connectivity index (χ3v) is 38.7. The fourth-order valence-electron chi connectivity index (χ4n) is 16.5. The largest absolute Gasteiger partial charge is 0.500 e. The summed E-state index contributed by atoms with van der Waals surface area (Å²) in [6.07, 6.45) is 8.96. The van der Waals surface area contributed by atoms with Crippen LogP contribution in [0.3, 0.4) is 0 Å². The van der Waals surface area contributed by atoms with E-state index in [1.165, 1.54) is 6.08 Å². The van der Waals surface area contributed by atoms with Crippen molar-refractivity contribution in [1.82, 2.24) is 10.6 Å². The van der Waals surface area contributed by atoms with Gasteiger partial charge in [0.2, 0.25) is 14.4 Å². The zero-order valence-electron chi connectivity index (χ0n) is 85.4. The Labute approximate surface area is 837 Å². The summed E-state index contributed by atoms with van der Waals surface area (Å²) in [5.41, 5.74) is 41.2. The molecule has 0 saturated carbocycles. The van der Waals surface area contributed by atoms with Crippen molar-refractivity contribution in [3.8, 4) is 0 Å². The highest BCUT2D eigenvalue weighted by atomic mass is 28.4. The van der Waals surface area contributed by atoms with E-state index < -0.39 is 43.5 Å². The van der Waals surface area contributed by atoms with Gasteiger partial charge >= 0.3 is 47.3 Å². The summed E-state index contributed by atoms with van der Waals surface area (Å²) in [7, 11) is -10.0. The number of nitrogens with one attached hydrogen (secondary N) is 4. The van der Waals surface area contributed by atoms with Gasteiger partial charge in [0.25, 0.3) is 0 Å². The monoisotopic (exact) mass is 2020 g/mol. The number of isocyanates is 1. The van der Waals surface area contributed by atoms with E-state index in [0.29, 0.717) is 186 Å². The van der Waals surface area contributed by atoms with Crippen molar-refractivity contribution in [2.75, 3.05) is 166 Å². The molecule has 8 aromatic carbocycles. The van der Waals surface area contributed by atoms with Crippen molar-refractivity contribution in [3.05, 3.63) is 250 Å². The topological polar surface area (TPSA) is 388 Å². The number of urea groups is 2. The predicted octanol–water partition coefficient (Wildman–Crippen LogP) is 20.6. The molecule has 29 nitrogen and oxygen atoms in total. The second-order valence-corrected chi connectivity index (χ2v) is 47.5. The van der Waals surface area contributed by atoms with Crippen LogP contribution in [0, 0.1) is 0 Å². The van der Waals surface area contributed by atoms with Crippen LogP contribution in [-0.4, -0.2) is 205 Å². The molecule has 766 valence electrons. The summed E-state index contributed by atoms with van der Waals surface area (Å²) in [5.74, 6) is 0.287. The van der Waals surface area contributed by atoms with E-state index in [-0.39, 0.29) is 36.5 Å². The molecule has 4 amide bonds. The fourth-order valence-corrected chi connectivity index (χ4v) is 30.2. The highest BCUT2D eigenvalue weighted by Crippen LogP contribution is 2.41. The molecule has 0 aromatic heterocycles. The molecule has 0 aliphatic carbocycles. The summed E-state index contributed by atoms with van der Waals surface area (Å²) in [4.78, 5) is 67.6. The molecule has 0 unspecified atom stereocenters. The smallest absolute Gasteiger partial charge is 0.412 e. The van der Waals surface area contributed by atoms with Gasteiger partial charge in [0.1, 0.15) is 11.6 Å². The maximum atomic E-state index is 13.6. The van der Waals surface area contributed by atoms with Gasteiger partial charge in [-0.25, -0.2) is 19.4 Å². The van der Waals surface area contributed by atoms with Gasteiger partial charge in [0.05, 0.1) is 19.0 Å². The number of nitrogens with two attached hydrogens (primary N) is 4. The highest BCUT2D eigenvalue weighted by Gasteiger charge is 2.43. The van der Waals surface area contributed by atoms with Gasteiger partial charge in [-0.2, -0.15) is 0 Å². The lowest BCUT2D eigenvalue weighted by atomic mass is 9.85. The molecule has 0 saturated heterocycles. The van der Waals surface area contributed by atoms with Crippen LogP contribution in [0.15, 0.2) is 199 Å². The van der Waals surface area contributed by atoms with Crippen LogP contribution < -0.4 is 44.2 Å². The fraction of sp³-hybridized carbons (Fsp3) is 0.462. The number of hydrogen-bond acceptors (Lipinski definition) is 25. The molecule has 0 bridgehead atoms. The van der Waals surface area contributed by atoms with E-state index in [1.54, 1.807) is 14.2 Å². The number of benzene rings is 8. The lowest BCUT2D eigenvalue weighted by Crippen LogP contribution is -2.48. The normalized spacial score (nSPS) is 11.6. The summed E-state index contributed by atoms with van der Waals surface area (Å²) in [6, 6.07) is 65.9. The summed E-state index contributed by atoms with van der Waals surface area (Å²) in [6.45, 7) is 33.0. The van der Waals surface area contributed by atoms with Crippen LogP contribution in [-0.2, 0) is 94.2 Å². The molecule has 0 aliphatic heterocycles. The van der Waals surface area contributed by atoms with Crippen molar-refractivity contribution < 1.29 is 91.0 Å². The highest BCUT2D eigenvalue weighted by molar-refractivity contribution is 6.73. The van der Waals surface area contributed by atoms with Crippen LogP contribution in [0.25, 0.3) is 22.3 Å². The molecule has 0 radical (unpaired) electrons. The number of carbonyl (C=O) groups excluding carboxylic acids is 5. The molecule has 140 heavy (non-hydrogen) atoms. The molecule has 0 atom stereocenters. The average molecular weight is 2020 g/mol. The number of amides is 4. The van der Waals surface area contributed by atoms with E-state index in [4.69, 9.17) is 89.9 Å². The summed E-state index contributed by atoms with van der Waals surface area (Å²) in [5, 5.41) is 12.0. The van der Waals surface area contributed by atoms with Crippen molar-refractivity contribution >= 4 is 130 Å². The van der Waals surface area contributed by atoms with Crippen LogP contribution >= 0.6 is 0 Å². The van der Waals surface area contributed by atoms with E-state index in [2.05, 4.69) is 50.5 Å². The Hall–Kier alpha value is -9.82. The first kappa shape index (κ1) is 119. The predicted molar refractivity (Wildman–Crippen MR) is 573 cm³/mol. The Balaban J connectivity index is 0.000000524. The van der Waals surface area contributed by atoms with Gasteiger partial charge < -0.3 is 111 Å². The molecule has 0 spiro atoms. The molecule has 8 aromatic rings. The molecular formula is C106H157N9O20Si5. The minimum atomic E-state index is -2.88. The first-order chi connectivity index (χ1) is 67.8. The number of rotatable bonds is 66. The van der Waals surface area contributed by atoms with Crippen LogP contribution in [0.4, 0.5) is 43.7 Å². The molecule has 34 heteroatoms. The zero-order valence-corrected chi connectivity index (χ0v) is 90.4. The van der Waals surface area contributed by atoms with Gasteiger partial charge in [-0.1, -0.05) is 128 Å². The first-order valence-electron chi connectivity index (χ1n) is 49.6. The number of methoxy groups -OCH3 is 2. The Morgan fingerprint density at radius 3 is 0.764 bits per heavy atom. The van der Waals surface area contributed by atoms with E-state index in [1.807, 2.05) is 260 Å². The van der Waals surface area contributed by atoms with E-state index in [0.717, 1.165) is 132 Å². The van der Waals surface area contributed by atoms with Gasteiger partial charge in [0, 0.05) is 197 Å². The van der Waals surface area contributed by atoms with Crippen molar-refractivity contribution in [3.63, 3.8) is 0 Å². The average Bonchev–Trinajstić information content (AvgIpc) is 0.779. The van der Waals surface area contributed by atoms with Crippen LogP contribution in [0.1, 0.15) is 203 Å². The Bertz CT molecular complexity index is 4340. The standard InChI is InChI=1S/C70H112N4O16Si4.C26H24N4.C10H21NO4Si/c1-13-81-91(55-79-11,56-80-12)49-25-23-29-65(75)53-57-31-35-59(36-32-57)67(60-37-33-58(34-38-60)54-66(76)30-24-26-50-92(82-14-2,83-15-3)84-16-4)68(61-39-43-63(44-40-61)73-69(77)71-47-27-51-93(85-17-5,86-18-6)87-19-7)62-41-45-64(46-42-62)74-70(78)72-48-28-52-94(88-20-8,89-21-9)90-22-10;27-21-9-1-17(2-10-21)25(18-3-11-22(28)12-4-18)26(19-5-13-23(29)14-6-19)20-7-15-24(30)16-8-20;1-4-13-16(14-5-2,15-6-3)9-7-8-11-10-12/h31-46H,13-30,47-56H2,1-12H3,(H2,71,73,77)(H2,72,74,78);1-16H,27-30H2;4-9H2,1-3H3. The first-order valence-corrected chi connectivity index (χ1v) is 59.8. The third kappa shape index (κ3) is 40.9. The van der Waals surface area contributed by atoms with E-state index in [9.17, 15) is 24.0 Å². The lowest BCUT2D eigenvalue weighted by molar-refractivity contribution is -0.119. The van der Waals surface area contributed by atoms with Crippen molar-refractivity contribution in [2.24, 2.45) is 4.99 Å². The lowest BCUT2D eigenvalue weighted by Gasteiger charge is -2.29. The molecule has 0 aliphatic rings.